The van der Waals surface area contributed by atoms with Crippen molar-refractivity contribution in [3.05, 3.63) is 58.7 Å². The van der Waals surface area contributed by atoms with Gasteiger partial charge in [-0.05, 0) is 45.2 Å². The maximum absolute atomic E-state index is 12.3. The van der Waals surface area contributed by atoms with Crippen LogP contribution in [0.3, 0.4) is 0 Å². The highest BCUT2D eigenvalue weighted by Crippen LogP contribution is 2.39. The molecule has 29 heavy (non-hydrogen) atoms. The summed E-state index contributed by atoms with van der Waals surface area (Å²) in [6.45, 7) is 12.0. The van der Waals surface area contributed by atoms with Crippen molar-refractivity contribution < 1.29 is 24.5 Å². The maximum Gasteiger partial charge on any atom is 0.317 e. The average molecular weight is 398 g/mol. The molecule has 0 spiro atoms. The molecule has 0 aliphatic rings. The fraction of sp³-hybridized carbons (Fsp3) is 0.417. The Bertz CT molecular complexity index is 861. The number of phenolic OH excluding ortho intramolecular Hbond substituents is 2. The SMILES string of the molecule is CC(C)(C)c1cc(CC(=O)OC(=O)Cc2ccc(O)cc2)cc(C(C)(C)C)c1O. The first-order valence-electron chi connectivity index (χ1n) is 9.65. The van der Waals surface area contributed by atoms with Gasteiger partial charge in [0, 0.05) is 0 Å². The van der Waals surface area contributed by atoms with E-state index in [-0.39, 0.29) is 35.2 Å². The van der Waals surface area contributed by atoms with Crippen LogP contribution in [0.25, 0.3) is 0 Å². The van der Waals surface area contributed by atoms with Gasteiger partial charge in [-0.2, -0.15) is 0 Å². The molecule has 0 saturated carbocycles. The predicted octanol–water partition coefficient (Wildman–Crippen LogP) is 4.55. The van der Waals surface area contributed by atoms with Crippen LogP contribution in [0.2, 0.25) is 0 Å². The molecule has 5 nitrogen and oxygen atoms in total. The minimum absolute atomic E-state index is 0.0535. The molecule has 0 amide bonds. The second kappa shape index (κ2) is 8.27. The summed E-state index contributed by atoms with van der Waals surface area (Å²) in [6, 6.07) is 9.76. The Kier molecular flexibility index (Phi) is 6.41. The van der Waals surface area contributed by atoms with Crippen molar-refractivity contribution in [2.24, 2.45) is 0 Å². The van der Waals surface area contributed by atoms with Gasteiger partial charge in [0.2, 0.25) is 0 Å². The van der Waals surface area contributed by atoms with Crippen LogP contribution >= 0.6 is 0 Å². The molecule has 0 fully saturated rings. The molecular weight excluding hydrogens is 368 g/mol. The summed E-state index contributed by atoms with van der Waals surface area (Å²) in [5, 5.41) is 20.1. The molecule has 2 rings (SSSR count). The molecule has 0 radical (unpaired) electrons. The number of esters is 2. The van der Waals surface area contributed by atoms with Crippen molar-refractivity contribution in [3.8, 4) is 11.5 Å². The average Bonchev–Trinajstić information content (AvgIpc) is 2.56. The predicted molar refractivity (Wildman–Crippen MR) is 112 cm³/mol. The summed E-state index contributed by atoms with van der Waals surface area (Å²) in [5.41, 5.74) is 2.24. The van der Waals surface area contributed by atoms with Gasteiger partial charge in [-0.25, -0.2) is 0 Å². The molecule has 0 aliphatic carbocycles. The lowest BCUT2D eigenvalue weighted by Crippen LogP contribution is -2.20. The first-order chi connectivity index (χ1) is 13.3. The van der Waals surface area contributed by atoms with E-state index in [0.29, 0.717) is 11.1 Å². The van der Waals surface area contributed by atoms with E-state index in [1.165, 1.54) is 12.1 Å². The van der Waals surface area contributed by atoms with Crippen LogP contribution in [0, 0.1) is 0 Å². The van der Waals surface area contributed by atoms with E-state index >= 15 is 0 Å². The molecule has 0 bridgehead atoms. The molecule has 5 heteroatoms. The first-order valence-corrected chi connectivity index (χ1v) is 9.65. The number of carbonyl (C=O) groups excluding carboxylic acids is 2. The molecule has 0 aliphatic heterocycles. The van der Waals surface area contributed by atoms with Crippen molar-refractivity contribution >= 4 is 11.9 Å². The number of ether oxygens (including phenoxy) is 1. The minimum Gasteiger partial charge on any atom is -0.508 e. The highest BCUT2D eigenvalue weighted by atomic mass is 16.6. The highest BCUT2D eigenvalue weighted by Gasteiger charge is 2.27. The molecule has 156 valence electrons. The molecule has 2 aromatic rings. The normalized spacial score (nSPS) is 11.9. The summed E-state index contributed by atoms with van der Waals surface area (Å²) in [5.74, 6) is -0.939. The van der Waals surface area contributed by atoms with Crippen LogP contribution in [-0.4, -0.2) is 22.2 Å². The third-order valence-corrected chi connectivity index (χ3v) is 4.65. The van der Waals surface area contributed by atoms with Crippen LogP contribution in [0.15, 0.2) is 36.4 Å². The summed E-state index contributed by atoms with van der Waals surface area (Å²) >= 11 is 0. The summed E-state index contributed by atoms with van der Waals surface area (Å²) in [6.07, 6.45) is -0.115. The van der Waals surface area contributed by atoms with E-state index in [0.717, 1.165) is 11.1 Å². The van der Waals surface area contributed by atoms with Crippen molar-refractivity contribution in [2.45, 2.75) is 65.2 Å². The van der Waals surface area contributed by atoms with Gasteiger partial charge in [0.15, 0.2) is 0 Å². The third kappa shape index (κ3) is 6.08. The molecular formula is C24H30O5. The number of rotatable bonds is 4. The van der Waals surface area contributed by atoms with Crippen LogP contribution in [0.5, 0.6) is 11.5 Å². The number of phenols is 2. The van der Waals surface area contributed by atoms with Crippen molar-refractivity contribution in [3.63, 3.8) is 0 Å². The van der Waals surface area contributed by atoms with Crippen molar-refractivity contribution in [2.75, 3.05) is 0 Å². The van der Waals surface area contributed by atoms with E-state index < -0.39 is 11.9 Å². The van der Waals surface area contributed by atoms with Crippen molar-refractivity contribution in [1.82, 2.24) is 0 Å². The highest BCUT2D eigenvalue weighted by molar-refractivity contribution is 5.87. The Hall–Kier alpha value is -2.82. The van der Waals surface area contributed by atoms with Gasteiger partial charge in [-0.1, -0.05) is 65.8 Å². The minimum atomic E-state index is -0.647. The van der Waals surface area contributed by atoms with Crippen LogP contribution < -0.4 is 0 Å². The van der Waals surface area contributed by atoms with Gasteiger partial charge in [-0.3, -0.25) is 9.59 Å². The number of benzene rings is 2. The van der Waals surface area contributed by atoms with E-state index in [1.807, 2.05) is 41.5 Å². The quantitative estimate of drug-likeness (QED) is 0.583. The monoisotopic (exact) mass is 398 g/mol. The molecule has 0 heterocycles. The topological polar surface area (TPSA) is 83.8 Å². The van der Waals surface area contributed by atoms with E-state index in [1.54, 1.807) is 24.3 Å². The third-order valence-electron chi connectivity index (χ3n) is 4.65. The molecule has 0 aromatic heterocycles. The van der Waals surface area contributed by atoms with Crippen molar-refractivity contribution in [1.29, 1.82) is 0 Å². The molecule has 2 N–H and O–H groups in total. The Morgan fingerprint density at radius 1 is 0.759 bits per heavy atom. The number of aromatic hydroxyl groups is 2. The number of carbonyl (C=O) groups is 2. The summed E-state index contributed by atoms with van der Waals surface area (Å²) < 4.78 is 4.97. The van der Waals surface area contributed by atoms with Gasteiger partial charge < -0.3 is 14.9 Å². The molecule has 0 atom stereocenters. The van der Waals surface area contributed by atoms with Crippen LogP contribution in [0.1, 0.15) is 63.8 Å². The zero-order chi connectivity index (χ0) is 22.0. The lowest BCUT2D eigenvalue weighted by atomic mass is 9.78. The smallest absolute Gasteiger partial charge is 0.317 e. The summed E-state index contributed by atoms with van der Waals surface area (Å²) in [7, 11) is 0. The van der Waals surface area contributed by atoms with E-state index in [2.05, 4.69) is 0 Å². The Balaban J connectivity index is 2.18. The molecule has 2 aromatic carbocycles. The van der Waals surface area contributed by atoms with Gasteiger partial charge >= 0.3 is 11.9 Å². The maximum atomic E-state index is 12.3. The van der Waals surface area contributed by atoms with E-state index in [4.69, 9.17) is 4.74 Å². The van der Waals surface area contributed by atoms with Crippen LogP contribution in [0.4, 0.5) is 0 Å². The fourth-order valence-corrected chi connectivity index (χ4v) is 3.09. The number of hydrogen-bond donors (Lipinski definition) is 2. The lowest BCUT2D eigenvalue weighted by Gasteiger charge is -2.28. The zero-order valence-electron chi connectivity index (χ0n) is 18.0. The van der Waals surface area contributed by atoms with Gasteiger partial charge in [0.05, 0.1) is 12.8 Å². The summed E-state index contributed by atoms with van der Waals surface area (Å²) in [4.78, 5) is 24.4. The standard InChI is InChI=1S/C24H30O5/c1-23(2,3)18-11-16(12-19(22(18)28)24(4,5)6)14-21(27)29-20(26)13-15-7-9-17(25)10-8-15/h7-12,25,28H,13-14H2,1-6H3. The zero-order valence-corrected chi connectivity index (χ0v) is 18.0. The lowest BCUT2D eigenvalue weighted by molar-refractivity contribution is -0.158. The number of hydrogen-bond acceptors (Lipinski definition) is 5. The Morgan fingerprint density at radius 3 is 1.59 bits per heavy atom. The van der Waals surface area contributed by atoms with E-state index in [9.17, 15) is 19.8 Å². The van der Waals surface area contributed by atoms with Crippen LogP contribution in [-0.2, 0) is 38.0 Å². The Morgan fingerprint density at radius 2 is 1.17 bits per heavy atom. The van der Waals surface area contributed by atoms with Gasteiger partial charge in [0.1, 0.15) is 11.5 Å². The molecule has 0 unspecified atom stereocenters. The van der Waals surface area contributed by atoms with Gasteiger partial charge in [0.25, 0.3) is 0 Å². The second-order valence-corrected chi connectivity index (χ2v) is 9.41. The fourth-order valence-electron chi connectivity index (χ4n) is 3.09. The Labute approximate surface area is 172 Å². The van der Waals surface area contributed by atoms with Gasteiger partial charge in [-0.15, -0.1) is 0 Å². The second-order valence-electron chi connectivity index (χ2n) is 9.41. The largest absolute Gasteiger partial charge is 0.508 e. The first kappa shape index (κ1) is 22.5. The molecule has 0 saturated heterocycles.